The summed E-state index contributed by atoms with van der Waals surface area (Å²) < 4.78 is 25.1. The SMILES string of the molecule is CCOc1ccc(N2C(=O)NC(=O)/C(=C\c3cc(Cl)ccc3OCc3ccccc3F)C2=O)cc1. The van der Waals surface area contributed by atoms with Crippen molar-refractivity contribution in [3.8, 4) is 11.5 Å². The largest absolute Gasteiger partial charge is 0.494 e. The summed E-state index contributed by atoms with van der Waals surface area (Å²) in [5.41, 5.74) is 0.612. The number of hydrogen-bond acceptors (Lipinski definition) is 5. The van der Waals surface area contributed by atoms with E-state index in [1.54, 1.807) is 42.5 Å². The van der Waals surface area contributed by atoms with Crippen molar-refractivity contribution < 1.29 is 28.2 Å². The number of nitrogens with one attached hydrogen (secondary N) is 1. The molecule has 0 aliphatic carbocycles. The lowest BCUT2D eigenvalue weighted by atomic mass is 10.1. The molecule has 0 aromatic heterocycles. The summed E-state index contributed by atoms with van der Waals surface area (Å²) in [6.45, 7) is 2.22. The lowest BCUT2D eigenvalue weighted by Gasteiger charge is -2.26. The third-order valence-corrected chi connectivity index (χ3v) is 5.36. The van der Waals surface area contributed by atoms with Gasteiger partial charge in [0.1, 0.15) is 29.5 Å². The predicted octanol–water partition coefficient (Wildman–Crippen LogP) is 5.12. The second kappa shape index (κ2) is 10.4. The van der Waals surface area contributed by atoms with Crippen LogP contribution in [0.25, 0.3) is 6.08 Å². The Labute approximate surface area is 205 Å². The molecular formula is C26H20ClFN2O5. The van der Waals surface area contributed by atoms with Gasteiger partial charge >= 0.3 is 6.03 Å². The van der Waals surface area contributed by atoms with E-state index >= 15 is 0 Å². The number of anilines is 1. The molecule has 4 amide bonds. The van der Waals surface area contributed by atoms with Crippen LogP contribution in [0.4, 0.5) is 14.9 Å². The van der Waals surface area contributed by atoms with Crippen LogP contribution in [0.1, 0.15) is 18.1 Å². The van der Waals surface area contributed by atoms with E-state index in [9.17, 15) is 18.8 Å². The Morgan fingerprint density at radius 2 is 1.74 bits per heavy atom. The Hall–Kier alpha value is -4.17. The molecule has 9 heteroatoms. The van der Waals surface area contributed by atoms with Crippen LogP contribution in [0.15, 0.2) is 72.3 Å². The molecule has 4 rings (SSSR count). The molecule has 3 aromatic rings. The third kappa shape index (κ3) is 5.33. The molecule has 35 heavy (non-hydrogen) atoms. The minimum atomic E-state index is -0.872. The second-order valence-electron chi connectivity index (χ2n) is 7.45. The van der Waals surface area contributed by atoms with Crippen LogP contribution in [0, 0.1) is 5.82 Å². The van der Waals surface area contributed by atoms with E-state index in [-0.39, 0.29) is 23.6 Å². The number of urea groups is 1. The summed E-state index contributed by atoms with van der Waals surface area (Å²) in [5, 5.41) is 2.50. The van der Waals surface area contributed by atoms with Crippen LogP contribution in [0.3, 0.4) is 0 Å². The lowest BCUT2D eigenvalue weighted by Crippen LogP contribution is -2.54. The molecule has 0 saturated carbocycles. The Balaban J connectivity index is 1.65. The molecule has 1 N–H and O–H groups in total. The molecule has 0 spiro atoms. The number of barbiturate groups is 1. The summed E-state index contributed by atoms with van der Waals surface area (Å²) in [7, 11) is 0. The van der Waals surface area contributed by atoms with Gasteiger partial charge in [-0.1, -0.05) is 29.8 Å². The highest BCUT2D eigenvalue weighted by Crippen LogP contribution is 2.29. The maximum Gasteiger partial charge on any atom is 0.335 e. The summed E-state index contributed by atoms with van der Waals surface area (Å²) >= 11 is 6.13. The van der Waals surface area contributed by atoms with E-state index < -0.39 is 23.7 Å². The number of hydrogen-bond donors (Lipinski definition) is 1. The van der Waals surface area contributed by atoms with Crippen LogP contribution >= 0.6 is 11.6 Å². The molecule has 0 atom stereocenters. The molecule has 7 nitrogen and oxygen atoms in total. The van der Waals surface area contributed by atoms with E-state index in [4.69, 9.17) is 21.1 Å². The molecule has 0 radical (unpaired) electrons. The Morgan fingerprint density at radius 3 is 2.46 bits per heavy atom. The van der Waals surface area contributed by atoms with E-state index in [1.165, 1.54) is 30.3 Å². The number of carbonyl (C=O) groups is 3. The minimum Gasteiger partial charge on any atom is -0.494 e. The highest BCUT2D eigenvalue weighted by atomic mass is 35.5. The molecule has 0 unspecified atom stereocenters. The number of imide groups is 2. The summed E-state index contributed by atoms with van der Waals surface area (Å²) in [6, 6.07) is 16.2. The van der Waals surface area contributed by atoms with Crippen LogP contribution < -0.4 is 19.7 Å². The van der Waals surface area contributed by atoms with Crippen molar-refractivity contribution in [3.63, 3.8) is 0 Å². The van der Waals surface area contributed by atoms with Crippen molar-refractivity contribution in [1.82, 2.24) is 5.32 Å². The molecule has 3 aromatic carbocycles. The molecular weight excluding hydrogens is 475 g/mol. The Morgan fingerprint density at radius 1 is 1.00 bits per heavy atom. The molecule has 178 valence electrons. The van der Waals surface area contributed by atoms with Crippen molar-refractivity contribution in [2.75, 3.05) is 11.5 Å². The fraction of sp³-hybridized carbons (Fsp3) is 0.115. The van der Waals surface area contributed by atoms with Gasteiger partial charge in [0.15, 0.2) is 0 Å². The first kappa shape index (κ1) is 24.0. The standard InChI is InChI=1S/C26H20ClFN2O5/c1-2-34-20-10-8-19(9-11-20)30-25(32)21(24(31)29-26(30)33)14-17-13-18(27)7-12-23(17)35-15-16-5-3-4-6-22(16)28/h3-14H,2,15H2,1H3,(H,29,31,33)/b21-14+. The number of halogens is 2. The molecule has 1 fully saturated rings. The van der Waals surface area contributed by atoms with Crippen LogP contribution in [0.2, 0.25) is 5.02 Å². The van der Waals surface area contributed by atoms with Crippen molar-refractivity contribution in [1.29, 1.82) is 0 Å². The van der Waals surface area contributed by atoms with Gasteiger partial charge in [0, 0.05) is 16.1 Å². The van der Waals surface area contributed by atoms with Gasteiger partial charge in [0.2, 0.25) is 0 Å². The van der Waals surface area contributed by atoms with Crippen molar-refractivity contribution >= 4 is 41.2 Å². The van der Waals surface area contributed by atoms with Crippen molar-refractivity contribution in [2.24, 2.45) is 0 Å². The second-order valence-corrected chi connectivity index (χ2v) is 7.88. The molecule has 1 aliphatic heterocycles. The lowest BCUT2D eigenvalue weighted by molar-refractivity contribution is -0.122. The fourth-order valence-electron chi connectivity index (χ4n) is 3.44. The zero-order valence-corrected chi connectivity index (χ0v) is 19.3. The van der Waals surface area contributed by atoms with Crippen LogP contribution in [-0.4, -0.2) is 24.5 Å². The molecule has 1 saturated heterocycles. The van der Waals surface area contributed by atoms with Gasteiger partial charge in [0.25, 0.3) is 11.8 Å². The summed E-state index contributed by atoms with van der Waals surface area (Å²) in [6.07, 6.45) is 1.29. The van der Waals surface area contributed by atoms with E-state index in [1.807, 2.05) is 6.92 Å². The number of benzene rings is 3. The van der Waals surface area contributed by atoms with Gasteiger partial charge in [-0.15, -0.1) is 0 Å². The van der Waals surface area contributed by atoms with Crippen molar-refractivity contribution in [2.45, 2.75) is 13.5 Å². The van der Waals surface area contributed by atoms with Gasteiger partial charge in [-0.3, -0.25) is 14.9 Å². The number of carbonyl (C=O) groups excluding carboxylic acids is 3. The average molecular weight is 495 g/mol. The molecule has 1 aliphatic rings. The quantitative estimate of drug-likeness (QED) is 0.364. The third-order valence-electron chi connectivity index (χ3n) is 5.12. The van der Waals surface area contributed by atoms with Crippen LogP contribution in [0.5, 0.6) is 11.5 Å². The first-order chi connectivity index (χ1) is 16.9. The monoisotopic (exact) mass is 494 g/mol. The minimum absolute atomic E-state index is 0.0819. The summed E-state index contributed by atoms with van der Waals surface area (Å²) in [5.74, 6) is -1.25. The molecule has 1 heterocycles. The van der Waals surface area contributed by atoms with Crippen molar-refractivity contribution in [3.05, 3.63) is 94.3 Å². The van der Waals surface area contributed by atoms with E-state index in [0.717, 1.165) is 4.90 Å². The zero-order chi connectivity index (χ0) is 24.9. The Bertz CT molecular complexity index is 1320. The topological polar surface area (TPSA) is 84.9 Å². The zero-order valence-electron chi connectivity index (χ0n) is 18.6. The average Bonchev–Trinajstić information content (AvgIpc) is 2.83. The number of amides is 4. The van der Waals surface area contributed by atoms with Gasteiger partial charge in [-0.25, -0.2) is 14.1 Å². The van der Waals surface area contributed by atoms with Gasteiger partial charge < -0.3 is 9.47 Å². The van der Waals surface area contributed by atoms with Gasteiger partial charge in [-0.2, -0.15) is 0 Å². The maximum absolute atomic E-state index is 14.0. The highest BCUT2D eigenvalue weighted by Gasteiger charge is 2.37. The Kier molecular flexibility index (Phi) is 7.12. The summed E-state index contributed by atoms with van der Waals surface area (Å²) in [4.78, 5) is 39.1. The first-order valence-electron chi connectivity index (χ1n) is 10.7. The van der Waals surface area contributed by atoms with Crippen LogP contribution in [-0.2, 0) is 16.2 Å². The molecule has 0 bridgehead atoms. The number of rotatable bonds is 7. The maximum atomic E-state index is 14.0. The number of ether oxygens (including phenoxy) is 2. The van der Waals surface area contributed by atoms with E-state index in [2.05, 4.69) is 5.32 Å². The smallest absolute Gasteiger partial charge is 0.335 e. The van der Waals surface area contributed by atoms with Gasteiger partial charge in [0.05, 0.1) is 12.3 Å². The fourth-order valence-corrected chi connectivity index (χ4v) is 3.62. The van der Waals surface area contributed by atoms with E-state index in [0.29, 0.717) is 28.5 Å². The number of nitrogens with zero attached hydrogens (tertiary/aromatic N) is 1. The predicted molar refractivity (Wildman–Crippen MR) is 129 cm³/mol. The first-order valence-corrected chi connectivity index (χ1v) is 11.0. The normalized spacial score (nSPS) is 14.8. The van der Waals surface area contributed by atoms with Gasteiger partial charge in [-0.05, 0) is 61.5 Å². The highest BCUT2D eigenvalue weighted by molar-refractivity contribution is 6.39.